The summed E-state index contributed by atoms with van der Waals surface area (Å²) in [4.78, 5) is 14.5. The Balaban J connectivity index is 2.00. The van der Waals surface area contributed by atoms with Crippen molar-refractivity contribution in [2.45, 2.75) is 90.9 Å². The Bertz CT molecular complexity index is 372. The van der Waals surface area contributed by atoms with Gasteiger partial charge in [-0.25, -0.2) is 0 Å². The van der Waals surface area contributed by atoms with Crippen LogP contribution in [0.5, 0.6) is 0 Å². The lowest BCUT2D eigenvalue weighted by Crippen LogP contribution is -2.60. The second-order valence-corrected chi connectivity index (χ2v) is 8.24. The molecule has 0 spiro atoms. The summed E-state index contributed by atoms with van der Waals surface area (Å²) in [5, 5.41) is 0. The van der Waals surface area contributed by atoms with Crippen molar-refractivity contribution in [1.29, 1.82) is 0 Å². The minimum atomic E-state index is 0.383. The lowest BCUT2D eigenvalue weighted by molar-refractivity contribution is -0.924. The fraction of sp³-hybridized carbons (Fsp3) is 0.870. The SMILES string of the molecule is C=CC[N+]1(CC)CCN(C(=O)CCCCCCCCCCCCC)CC1. The van der Waals surface area contributed by atoms with Gasteiger partial charge in [-0.05, 0) is 19.4 Å². The van der Waals surface area contributed by atoms with Crippen molar-refractivity contribution in [3.63, 3.8) is 0 Å². The quantitative estimate of drug-likeness (QED) is 0.212. The van der Waals surface area contributed by atoms with Crippen LogP contribution in [-0.4, -0.2) is 54.6 Å². The molecule has 3 heteroatoms. The number of amides is 1. The van der Waals surface area contributed by atoms with Crippen LogP contribution in [0.1, 0.15) is 90.9 Å². The average Bonchev–Trinajstić information content (AvgIpc) is 2.66. The van der Waals surface area contributed by atoms with Crippen molar-refractivity contribution < 1.29 is 9.28 Å². The summed E-state index contributed by atoms with van der Waals surface area (Å²) >= 11 is 0. The Hall–Kier alpha value is -0.830. The Morgan fingerprint density at radius 3 is 1.85 bits per heavy atom. The molecule has 1 amide bonds. The molecule has 0 aromatic carbocycles. The highest BCUT2D eigenvalue weighted by Gasteiger charge is 2.31. The van der Waals surface area contributed by atoms with E-state index in [-0.39, 0.29) is 0 Å². The Morgan fingerprint density at radius 2 is 1.38 bits per heavy atom. The van der Waals surface area contributed by atoms with Gasteiger partial charge in [-0.15, -0.1) is 0 Å². The zero-order valence-corrected chi connectivity index (χ0v) is 17.8. The van der Waals surface area contributed by atoms with E-state index in [9.17, 15) is 4.79 Å². The lowest BCUT2D eigenvalue weighted by Gasteiger charge is -2.43. The number of rotatable bonds is 15. The van der Waals surface area contributed by atoms with Crippen LogP contribution in [0.25, 0.3) is 0 Å². The normalized spacial score (nSPS) is 16.6. The minimum Gasteiger partial charge on any atom is -0.331 e. The summed E-state index contributed by atoms with van der Waals surface area (Å²) in [7, 11) is 0. The molecule has 1 aliphatic rings. The topological polar surface area (TPSA) is 20.3 Å². The Kier molecular flexibility index (Phi) is 12.7. The van der Waals surface area contributed by atoms with E-state index >= 15 is 0 Å². The van der Waals surface area contributed by atoms with Crippen molar-refractivity contribution >= 4 is 5.91 Å². The first kappa shape index (κ1) is 23.2. The molecule has 0 atom stereocenters. The van der Waals surface area contributed by atoms with Gasteiger partial charge in [0.15, 0.2) is 0 Å². The van der Waals surface area contributed by atoms with E-state index in [4.69, 9.17) is 0 Å². The van der Waals surface area contributed by atoms with E-state index in [0.717, 1.165) is 56.6 Å². The van der Waals surface area contributed by atoms with Gasteiger partial charge in [0, 0.05) is 6.42 Å². The molecule has 1 fully saturated rings. The fourth-order valence-electron chi connectivity index (χ4n) is 4.14. The van der Waals surface area contributed by atoms with Gasteiger partial charge in [-0.2, -0.15) is 0 Å². The maximum absolute atomic E-state index is 12.4. The number of carbonyl (C=O) groups excluding carboxylic acids is 1. The summed E-state index contributed by atoms with van der Waals surface area (Å²) in [5.41, 5.74) is 0. The molecule has 0 N–H and O–H groups in total. The maximum Gasteiger partial charge on any atom is 0.222 e. The van der Waals surface area contributed by atoms with Crippen LogP contribution in [0, 0.1) is 0 Å². The van der Waals surface area contributed by atoms with Gasteiger partial charge in [0.25, 0.3) is 0 Å². The van der Waals surface area contributed by atoms with E-state index in [0.29, 0.717) is 5.91 Å². The Morgan fingerprint density at radius 1 is 0.885 bits per heavy atom. The highest BCUT2D eigenvalue weighted by Crippen LogP contribution is 2.16. The predicted octanol–water partition coefficient (Wildman–Crippen LogP) is 5.55. The Labute approximate surface area is 163 Å². The molecule has 26 heavy (non-hydrogen) atoms. The number of likely N-dealkylation sites (N-methyl/N-ethyl adjacent to an activating group) is 1. The third-order valence-corrected chi connectivity index (χ3v) is 6.22. The van der Waals surface area contributed by atoms with Crippen LogP contribution in [0.3, 0.4) is 0 Å². The number of hydrogen-bond donors (Lipinski definition) is 0. The van der Waals surface area contributed by atoms with Gasteiger partial charge >= 0.3 is 0 Å². The summed E-state index contributed by atoms with van der Waals surface area (Å²) in [6, 6.07) is 0. The largest absolute Gasteiger partial charge is 0.331 e. The number of hydrogen-bond acceptors (Lipinski definition) is 1. The molecule has 1 heterocycles. The van der Waals surface area contributed by atoms with Gasteiger partial charge in [-0.3, -0.25) is 4.79 Å². The second-order valence-electron chi connectivity index (χ2n) is 8.24. The molecule has 0 aromatic heterocycles. The number of nitrogens with zero attached hydrogens (tertiary/aromatic N) is 2. The van der Waals surface area contributed by atoms with Gasteiger partial charge in [0.2, 0.25) is 5.91 Å². The zero-order chi connectivity index (χ0) is 19.1. The van der Waals surface area contributed by atoms with Gasteiger partial charge in [0.05, 0.1) is 39.3 Å². The molecule has 0 radical (unpaired) electrons. The van der Waals surface area contributed by atoms with Crippen molar-refractivity contribution in [3.8, 4) is 0 Å². The molecule has 0 aromatic rings. The number of piperazine rings is 1. The van der Waals surface area contributed by atoms with Crippen molar-refractivity contribution in [1.82, 2.24) is 4.90 Å². The first-order chi connectivity index (χ1) is 12.7. The van der Waals surface area contributed by atoms with Gasteiger partial charge < -0.3 is 9.38 Å². The van der Waals surface area contributed by atoms with Crippen LogP contribution in [-0.2, 0) is 4.79 Å². The summed E-state index contributed by atoms with van der Waals surface area (Å²) in [6.45, 7) is 14.7. The molecule has 0 aliphatic carbocycles. The highest BCUT2D eigenvalue weighted by atomic mass is 16.2. The van der Waals surface area contributed by atoms with Crippen LogP contribution in [0.4, 0.5) is 0 Å². The summed E-state index contributed by atoms with van der Waals surface area (Å²) in [6.07, 6.45) is 17.5. The van der Waals surface area contributed by atoms with Crippen LogP contribution in [0.2, 0.25) is 0 Å². The molecule has 3 nitrogen and oxygen atoms in total. The molecule has 152 valence electrons. The molecule has 1 rings (SSSR count). The lowest BCUT2D eigenvalue weighted by atomic mass is 10.0. The van der Waals surface area contributed by atoms with Crippen LogP contribution < -0.4 is 0 Å². The number of carbonyl (C=O) groups is 1. The monoisotopic (exact) mass is 365 g/mol. The molecule has 0 unspecified atom stereocenters. The number of unbranched alkanes of at least 4 members (excludes halogenated alkanes) is 10. The average molecular weight is 366 g/mol. The van der Waals surface area contributed by atoms with Crippen molar-refractivity contribution in [2.24, 2.45) is 0 Å². The first-order valence-corrected chi connectivity index (χ1v) is 11.4. The second kappa shape index (κ2) is 14.3. The smallest absolute Gasteiger partial charge is 0.222 e. The van der Waals surface area contributed by atoms with Crippen molar-refractivity contribution in [3.05, 3.63) is 12.7 Å². The molecular weight excluding hydrogens is 320 g/mol. The predicted molar refractivity (Wildman–Crippen MR) is 113 cm³/mol. The molecule has 0 bridgehead atoms. The molecule has 1 saturated heterocycles. The van der Waals surface area contributed by atoms with Crippen LogP contribution in [0.15, 0.2) is 12.7 Å². The van der Waals surface area contributed by atoms with Gasteiger partial charge in [-0.1, -0.05) is 77.7 Å². The maximum atomic E-state index is 12.4. The van der Waals surface area contributed by atoms with E-state index in [2.05, 4.69) is 25.3 Å². The third kappa shape index (κ3) is 9.21. The van der Waals surface area contributed by atoms with E-state index < -0.39 is 0 Å². The number of quaternary nitrogens is 1. The van der Waals surface area contributed by atoms with E-state index in [1.165, 1.54) is 64.2 Å². The standard InChI is InChI=1S/C23H45N2O/c1-4-7-8-9-10-11-12-13-14-15-16-17-23(26)24-18-21-25(6-3,20-5-2)22-19-24/h5H,2,4,6-22H2,1,3H3/q+1. The van der Waals surface area contributed by atoms with Crippen molar-refractivity contribution in [2.75, 3.05) is 39.3 Å². The highest BCUT2D eigenvalue weighted by molar-refractivity contribution is 5.76. The minimum absolute atomic E-state index is 0.383. The van der Waals surface area contributed by atoms with Crippen LogP contribution >= 0.6 is 0 Å². The van der Waals surface area contributed by atoms with E-state index in [1.54, 1.807) is 0 Å². The summed E-state index contributed by atoms with van der Waals surface area (Å²) in [5.74, 6) is 0.383. The molecule has 0 saturated carbocycles. The molecular formula is C23H45N2O+. The third-order valence-electron chi connectivity index (χ3n) is 6.22. The molecule has 1 aliphatic heterocycles. The van der Waals surface area contributed by atoms with Gasteiger partial charge in [0.1, 0.15) is 0 Å². The summed E-state index contributed by atoms with van der Waals surface area (Å²) < 4.78 is 1.10. The first-order valence-electron chi connectivity index (χ1n) is 11.4. The van der Waals surface area contributed by atoms with E-state index in [1.807, 2.05) is 6.08 Å². The zero-order valence-electron chi connectivity index (χ0n) is 17.8. The fourth-order valence-corrected chi connectivity index (χ4v) is 4.14.